The van der Waals surface area contributed by atoms with Crippen molar-refractivity contribution in [3.8, 4) is 5.75 Å². The average molecular weight is 419 g/mol. The number of hydrogen-bond acceptors (Lipinski definition) is 7. The molecule has 2 N–H and O–H groups in total. The summed E-state index contributed by atoms with van der Waals surface area (Å²) in [5.74, 6) is -2.88. The van der Waals surface area contributed by atoms with Gasteiger partial charge in [-0.1, -0.05) is 0 Å². The molecule has 2 amide bonds. The number of amides is 2. The van der Waals surface area contributed by atoms with Gasteiger partial charge in [-0.15, -0.1) is 0 Å². The predicted octanol–water partition coefficient (Wildman–Crippen LogP) is 1.81. The SMILES string of the molecule is COc1ccc(C(=O)OCC(=O)N(CCC(N)=O)c2ccc(F)cc2)cc1[N+](=O)[O-]. The van der Waals surface area contributed by atoms with Gasteiger partial charge in [0.25, 0.3) is 5.91 Å². The fourth-order valence-corrected chi connectivity index (χ4v) is 2.49. The van der Waals surface area contributed by atoms with Crippen LogP contribution >= 0.6 is 0 Å². The van der Waals surface area contributed by atoms with Crippen molar-refractivity contribution >= 4 is 29.2 Å². The van der Waals surface area contributed by atoms with Crippen molar-refractivity contribution in [1.82, 2.24) is 0 Å². The molecular formula is C19H18FN3O7. The average Bonchev–Trinajstić information content (AvgIpc) is 2.72. The van der Waals surface area contributed by atoms with Crippen LogP contribution in [-0.2, 0) is 14.3 Å². The van der Waals surface area contributed by atoms with Crippen molar-refractivity contribution in [1.29, 1.82) is 0 Å². The number of nitro groups is 1. The van der Waals surface area contributed by atoms with Crippen molar-refractivity contribution in [3.05, 3.63) is 64.0 Å². The zero-order valence-corrected chi connectivity index (χ0v) is 15.9. The Morgan fingerprint density at radius 3 is 2.40 bits per heavy atom. The third-order valence-electron chi connectivity index (χ3n) is 3.96. The minimum atomic E-state index is -0.969. The molecule has 0 unspecified atom stereocenters. The molecular weight excluding hydrogens is 401 g/mol. The number of benzene rings is 2. The molecule has 0 aliphatic carbocycles. The van der Waals surface area contributed by atoms with Gasteiger partial charge >= 0.3 is 11.7 Å². The minimum Gasteiger partial charge on any atom is -0.490 e. The van der Waals surface area contributed by atoms with E-state index in [-0.39, 0.29) is 30.0 Å². The number of methoxy groups -OCH3 is 1. The first-order chi connectivity index (χ1) is 14.2. The summed E-state index contributed by atoms with van der Waals surface area (Å²) >= 11 is 0. The van der Waals surface area contributed by atoms with Gasteiger partial charge in [0.05, 0.1) is 17.6 Å². The van der Waals surface area contributed by atoms with E-state index in [9.17, 15) is 28.9 Å². The van der Waals surface area contributed by atoms with Crippen molar-refractivity contribution in [2.75, 3.05) is 25.2 Å². The Labute approximate surface area is 170 Å². The number of anilines is 1. The van der Waals surface area contributed by atoms with Crippen LogP contribution in [0.4, 0.5) is 15.8 Å². The number of primary amides is 1. The molecule has 2 aromatic carbocycles. The van der Waals surface area contributed by atoms with E-state index in [0.717, 1.165) is 23.1 Å². The summed E-state index contributed by atoms with van der Waals surface area (Å²) in [5.41, 5.74) is 4.80. The van der Waals surface area contributed by atoms with Crippen LogP contribution in [0.3, 0.4) is 0 Å². The number of halogens is 1. The van der Waals surface area contributed by atoms with Crippen LogP contribution in [0.2, 0.25) is 0 Å². The minimum absolute atomic E-state index is 0.0402. The fourth-order valence-electron chi connectivity index (χ4n) is 2.49. The Bertz CT molecular complexity index is 963. The molecule has 0 heterocycles. The number of nitrogens with zero attached hydrogens (tertiary/aromatic N) is 2. The lowest BCUT2D eigenvalue weighted by molar-refractivity contribution is -0.385. The van der Waals surface area contributed by atoms with Crippen LogP contribution in [0.15, 0.2) is 42.5 Å². The molecule has 11 heteroatoms. The molecule has 0 saturated heterocycles. The second-order valence-electron chi connectivity index (χ2n) is 5.96. The van der Waals surface area contributed by atoms with Crippen molar-refractivity contribution in [3.63, 3.8) is 0 Å². The lowest BCUT2D eigenvalue weighted by Crippen LogP contribution is -2.37. The number of rotatable bonds is 9. The highest BCUT2D eigenvalue weighted by molar-refractivity contribution is 5.97. The van der Waals surface area contributed by atoms with Gasteiger partial charge in [-0.05, 0) is 36.4 Å². The molecule has 0 aliphatic rings. The monoisotopic (exact) mass is 419 g/mol. The second-order valence-corrected chi connectivity index (χ2v) is 5.96. The summed E-state index contributed by atoms with van der Waals surface area (Å²) in [6.45, 7) is -0.819. The van der Waals surface area contributed by atoms with Crippen LogP contribution in [0.25, 0.3) is 0 Å². The predicted molar refractivity (Wildman–Crippen MR) is 102 cm³/mol. The van der Waals surface area contributed by atoms with Crippen molar-refractivity contribution in [2.24, 2.45) is 5.73 Å². The summed E-state index contributed by atoms with van der Waals surface area (Å²) in [6, 6.07) is 8.35. The third-order valence-corrected chi connectivity index (χ3v) is 3.96. The topological polar surface area (TPSA) is 142 Å². The number of carbonyl (C=O) groups is 3. The van der Waals surface area contributed by atoms with Gasteiger partial charge in [0.1, 0.15) is 5.82 Å². The molecule has 0 bridgehead atoms. The summed E-state index contributed by atoms with van der Waals surface area (Å²) < 4.78 is 22.9. The third kappa shape index (κ3) is 5.74. The number of carbonyl (C=O) groups excluding carboxylic acids is 3. The molecule has 0 spiro atoms. The van der Waals surface area contributed by atoms with Gasteiger partial charge in [-0.3, -0.25) is 19.7 Å². The van der Waals surface area contributed by atoms with Gasteiger partial charge < -0.3 is 20.1 Å². The van der Waals surface area contributed by atoms with Gasteiger partial charge in [-0.2, -0.15) is 0 Å². The Morgan fingerprint density at radius 2 is 1.83 bits per heavy atom. The Hall–Kier alpha value is -4.02. The summed E-state index contributed by atoms with van der Waals surface area (Å²) in [6.07, 6.45) is -0.165. The van der Waals surface area contributed by atoms with E-state index in [1.165, 1.54) is 31.4 Å². The lowest BCUT2D eigenvalue weighted by atomic mass is 10.2. The second kappa shape index (κ2) is 9.96. The van der Waals surface area contributed by atoms with Gasteiger partial charge in [0.2, 0.25) is 5.91 Å². The van der Waals surface area contributed by atoms with Crippen LogP contribution in [0.5, 0.6) is 5.75 Å². The molecule has 0 atom stereocenters. The molecule has 2 rings (SSSR count). The highest BCUT2D eigenvalue weighted by Crippen LogP contribution is 2.27. The van der Waals surface area contributed by atoms with E-state index in [4.69, 9.17) is 15.2 Å². The van der Waals surface area contributed by atoms with Gasteiger partial charge in [-0.25, -0.2) is 9.18 Å². The number of ether oxygens (including phenoxy) is 2. The fraction of sp³-hybridized carbons (Fsp3) is 0.211. The lowest BCUT2D eigenvalue weighted by Gasteiger charge is -2.22. The standard InChI is InChI=1S/C19H18FN3O7/c1-29-16-7-2-12(10-15(16)23(27)28)19(26)30-11-18(25)22(9-8-17(21)24)14-5-3-13(20)4-6-14/h2-7,10H,8-9,11H2,1H3,(H2,21,24). The van der Waals surface area contributed by atoms with Crippen LogP contribution < -0.4 is 15.4 Å². The maximum absolute atomic E-state index is 13.1. The van der Waals surface area contributed by atoms with E-state index < -0.39 is 40.8 Å². The summed E-state index contributed by atoms with van der Waals surface area (Å²) in [4.78, 5) is 47.3. The molecule has 0 saturated carbocycles. The molecule has 158 valence electrons. The van der Waals surface area contributed by atoms with Crippen molar-refractivity contribution in [2.45, 2.75) is 6.42 Å². The molecule has 30 heavy (non-hydrogen) atoms. The molecule has 10 nitrogen and oxygen atoms in total. The zero-order valence-electron chi connectivity index (χ0n) is 15.9. The molecule has 0 radical (unpaired) electrons. The molecule has 2 aromatic rings. The number of esters is 1. The smallest absolute Gasteiger partial charge is 0.338 e. The van der Waals surface area contributed by atoms with Crippen LogP contribution in [-0.4, -0.2) is 43.0 Å². The molecule has 0 fully saturated rings. The highest BCUT2D eigenvalue weighted by atomic mass is 19.1. The number of hydrogen-bond donors (Lipinski definition) is 1. The Balaban J connectivity index is 2.13. The van der Waals surface area contributed by atoms with E-state index in [0.29, 0.717) is 0 Å². The van der Waals surface area contributed by atoms with E-state index in [1.54, 1.807) is 0 Å². The van der Waals surface area contributed by atoms with E-state index in [1.807, 2.05) is 0 Å². The maximum atomic E-state index is 13.1. The first-order valence-electron chi connectivity index (χ1n) is 8.56. The van der Waals surface area contributed by atoms with Crippen LogP contribution in [0, 0.1) is 15.9 Å². The van der Waals surface area contributed by atoms with E-state index in [2.05, 4.69) is 0 Å². The normalized spacial score (nSPS) is 10.2. The quantitative estimate of drug-likeness (QED) is 0.371. The summed E-state index contributed by atoms with van der Waals surface area (Å²) in [7, 11) is 1.25. The zero-order chi connectivity index (χ0) is 22.3. The van der Waals surface area contributed by atoms with Crippen molar-refractivity contribution < 1.29 is 33.2 Å². The molecule has 0 aliphatic heterocycles. The molecule has 0 aromatic heterocycles. The number of nitrogens with two attached hydrogens (primary N) is 1. The first-order valence-corrected chi connectivity index (χ1v) is 8.56. The van der Waals surface area contributed by atoms with Gasteiger partial charge in [0.15, 0.2) is 12.4 Å². The highest BCUT2D eigenvalue weighted by Gasteiger charge is 2.22. The largest absolute Gasteiger partial charge is 0.490 e. The Kier molecular flexibility index (Phi) is 7.39. The van der Waals surface area contributed by atoms with Crippen LogP contribution in [0.1, 0.15) is 16.8 Å². The number of nitro benzene ring substituents is 1. The van der Waals surface area contributed by atoms with E-state index >= 15 is 0 Å². The summed E-state index contributed by atoms with van der Waals surface area (Å²) in [5, 5.41) is 11.1. The first kappa shape index (κ1) is 22.3. The van der Waals surface area contributed by atoms with Gasteiger partial charge in [0, 0.05) is 24.7 Å². The maximum Gasteiger partial charge on any atom is 0.338 e. The Morgan fingerprint density at radius 1 is 1.17 bits per heavy atom.